The molecule has 0 spiro atoms. The molecule has 0 aliphatic heterocycles. The van der Waals surface area contributed by atoms with E-state index < -0.39 is 0 Å². The van der Waals surface area contributed by atoms with Crippen molar-refractivity contribution >= 4 is 15.9 Å². The summed E-state index contributed by atoms with van der Waals surface area (Å²) in [6.07, 6.45) is 2.18. The van der Waals surface area contributed by atoms with Crippen molar-refractivity contribution in [2.24, 2.45) is 0 Å². The van der Waals surface area contributed by atoms with Crippen LogP contribution in [0, 0.1) is 0 Å². The van der Waals surface area contributed by atoms with E-state index in [1.54, 1.807) is 0 Å². The summed E-state index contributed by atoms with van der Waals surface area (Å²) >= 11 is 3.44. The molecular weight excluding hydrogens is 270 g/mol. The second-order valence-corrected chi connectivity index (χ2v) is 4.31. The van der Waals surface area contributed by atoms with Crippen LogP contribution in [0.15, 0.2) is 39.6 Å². The summed E-state index contributed by atoms with van der Waals surface area (Å²) in [4.78, 5) is 3.95. The van der Waals surface area contributed by atoms with E-state index in [0.717, 1.165) is 24.0 Å². The molecular formula is C11H12BrN3O. The van der Waals surface area contributed by atoms with Gasteiger partial charge in [-0.15, -0.1) is 0 Å². The lowest BCUT2D eigenvalue weighted by molar-refractivity contribution is 0.375. The topological polar surface area (TPSA) is 51.0 Å². The van der Waals surface area contributed by atoms with Gasteiger partial charge < -0.3 is 9.84 Å². The second kappa shape index (κ2) is 5.77. The predicted octanol–water partition coefficient (Wildman–Crippen LogP) is 2.16. The van der Waals surface area contributed by atoms with Gasteiger partial charge in [0.15, 0.2) is 6.33 Å². The van der Waals surface area contributed by atoms with E-state index in [9.17, 15) is 0 Å². The monoisotopic (exact) mass is 281 g/mol. The molecule has 0 aliphatic rings. The third-order valence-electron chi connectivity index (χ3n) is 2.14. The molecule has 0 unspecified atom stereocenters. The van der Waals surface area contributed by atoms with Crippen LogP contribution < -0.4 is 5.32 Å². The number of hydrogen-bond donors (Lipinski definition) is 1. The van der Waals surface area contributed by atoms with E-state index in [0.29, 0.717) is 5.89 Å². The lowest BCUT2D eigenvalue weighted by Crippen LogP contribution is -2.16. The molecule has 16 heavy (non-hydrogen) atoms. The number of hydrogen-bond acceptors (Lipinski definition) is 4. The molecule has 84 valence electrons. The molecule has 1 aromatic heterocycles. The van der Waals surface area contributed by atoms with Crippen molar-refractivity contribution in [3.8, 4) is 0 Å². The SMILES string of the molecule is Brc1cccc(CNCCc2ncno2)c1. The zero-order valence-electron chi connectivity index (χ0n) is 8.69. The first kappa shape index (κ1) is 11.3. The average Bonchev–Trinajstić information content (AvgIpc) is 2.77. The van der Waals surface area contributed by atoms with Crippen LogP contribution in [-0.4, -0.2) is 16.7 Å². The number of aromatic nitrogens is 2. The van der Waals surface area contributed by atoms with Crippen LogP contribution in [0.25, 0.3) is 0 Å². The standard InChI is InChI=1S/C11H12BrN3O/c12-10-3-1-2-9(6-10)7-13-5-4-11-14-8-15-16-11/h1-3,6,8,13H,4-5,7H2. The number of benzene rings is 1. The van der Waals surface area contributed by atoms with Gasteiger partial charge in [0.25, 0.3) is 0 Å². The molecule has 0 atom stereocenters. The molecule has 0 radical (unpaired) electrons. The minimum Gasteiger partial charge on any atom is -0.340 e. The maximum atomic E-state index is 4.90. The smallest absolute Gasteiger partial charge is 0.227 e. The van der Waals surface area contributed by atoms with Gasteiger partial charge in [0.2, 0.25) is 5.89 Å². The molecule has 2 rings (SSSR count). The highest BCUT2D eigenvalue weighted by Gasteiger charge is 1.98. The van der Waals surface area contributed by atoms with Crippen LogP contribution in [0.4, 0.5) is 0 Å². The van der Waals surface area contributed by atoms with Crippen molar-refractivity contribution < 1.29 is 4.52 Å². The second-order valence-electron chi connectivity index (χ2n) is 3.39. The Morgan fingerprint density at radius 1 is 1.38 bits per heavy atom. The summed E-state index contributed by atoms with van der Waals surface area (Å²) in [5.41, 5.74) is 1.25. The molecule has 1 heterocycles. The Kier molecular flexibility index (Phi) is 4.07. The normalized spacial score (nSPS) is 10.6. The molecule has 1 aromatic carbocycles. The molecule has 1 N–H and O–H groups in total. The van der Waals surface area contributed by atoms with Gasteiger partial charge in [0.05, 0.1) is 0 Å². The fourth-order valence-electron chi connectivity index (χ4n) is 1.38. The molecule has 5 heteroatoms. The van der Waals surface area contributed by atoms with E-state index in [4.69, 9.17) is 4.52 Å². The highest BCUT2D eigenvalue weighted by Crippen LogP contribution is 2.11. The number of nitrogens with zero attached hydrogens (tertiary/aromatic N) is 2. The van der Waals surface area contributed by atoms with Gasteiger partial charge in [0, 0.05) is 24.0 Å². The Hall–Kier alpha value is -1.20. The quantitative estimate of drug-likeness (QED) is 0.854. The Morgan fingerprint density at radius 3 is 3.06 bits per heavy atom. The molecule has 0 saturated carbocycles. The summed E-state index contributed by atoms with van der Waals surface area (Å²) in [6, 6.07) is 8.23. The van der Waals surface area contributed by atoms with Gasteiger partial charge in [0.1, 0.15) is 0 Å². The zero-order chi connectivity index (χ0) is 11.2. The van der Waals surface area contributed by atoms with Crippen LogP contribution >= 0.6 is 15.9 Å². The predicted molar refractivity (Wildman–Crippen MR) is 63.9 cm³/mol. The molecule has 0 fully saturated rings. The minimum atomic E-state index is 0.668. The van der Waals surface area contributed by atoms with E-state index in [2.05, 4.69) is 43.5 Å². The van der Waals surface area contributed by atoms with Gasteiger partial charge >= 0.3 is 0 Å². The maximum absolute atomic E-state index is 4.90. The first-order valence-corrected chi connectivity index (χ1v) is 5.84. The van der Waals surface area contributed by atoms with Crippen molar-refractivity contribution in [2.45, 2.75) is 13.0 Å². The highest BCUT2D eigenvalue weighted by molar-refractivity contribution is 9.10. The van der Waals surface area contributed by atoms with E-state index in [1.165, 1.54) is 11.9 Å². The summed E-state index contributed by atoms with van der Waals surface area (Å²) in [6.45, 7) is 1.67. The number of nitrogens with one attached hydrogen (secondary N) is 1. The zero-order valence-corrected chi connectivity index (χ0v) is 10.3. The highest BCUT2D eigenvalue weighted by atomic mass is 79.9. The number of halogens is 1. The maximum Gasteiger partial charge on any atom is 0.227 e. The van der Waals surface area contributed by atoms with Gasteiger partial charge in [-0.1, -0.05) is 33.2 Å². The molecule has 0 saturated heterocycles. The molecule has 0 bridgehead atoms. The first-order chi connectivity index (χ1) is 7.84. The third kappa shape index (κ3) is 3.43. The Bertz CT molecular complexity index is 431. The van der Waals surface area contributed by atoms with Crippen molar-refractivity contribution in [1.82, 2.24) is 15.5 Å². The van der Waals surface area contributed by atoms with Crippen LogP contribution in [-0.2, 0) is 13.0 Å². The van der Waals surface area contributed by atoms with Crippen molar-refractivity contribution in [3.05, 3.63) is 46.5 Å². The van der Waals surface area contributed by atoms with Crippen LogP contribution in [0.1, 0.15) is 11.5 Å². The Labute approximate surface area is 102 Å². The van der Waals surface area contributed by atoms with Crippen molar-refractivity contribution in [3.63, 3.8) is 0 Å². The van der Waals surface area contributed by atoms with Crippen molar-refractivity contribution in [1.29, 1.82) is 0 Å². The molecule has 2 aromatic rings. The summed E-state index contributed by atoms with van der Waals surface area (Å²) in [5, 5.41) is 6.87. The van der Waals surface area contributed by atoms with Gasteiger partial charge in [-0.25, -0.2) is 0 Å². The van der Waals surface area contributed by atoms with E-state index in [1.807, 2.05) is 12.1 Å². The van der Waals surface area contributed by atoms with Crippen LogP contribution in [0.5, 0.6) is 0 Å². The lowest BCUT2D eigenvalue weighted by Gasteiger charge is -2.03. The minimum absolute atomic E-state index is 0.668. The van der Waals surface area contributed by atoms with Crippen molar-refractivity contribution in [2.75, 3.05) is 6.54 Å². The van der Waals surface area contributed by atoms with Gasteiger partial charge in [-0.2, -0.15) is 4.98 Å². The summed E-state index contributed by atoms with van der Waals surface area (Å²) in [5.74, 6) is 0.668. The largest absolute Gasteiger partial charge is 0.340 e. The fourth-order valence-corrected chi connectivity index (χ4v) is 1.83. The third-order valence-corrected chi connectivity index (χ3v) is 2.63. The summed E-state index contributed by atoms with van der Waals surface area (Å²) in [7, 11) is 0. The molecule has 0 amide bonds. The Morgan fingerprint density at radius 2 is 2.31 bits per heavy atom. The van der Waals surface area contributed by atoms with Gasteiger partial charge in [-0.05, 0) is 17.7 Å². The van der Waals surface area contributed by atoms with Gasteiger partial charge in [-0.3, -0.25) is 0 Å². The van der Waals surface area contributed by atoms with E-state index in [-0.39, 0.29) is 0 Å². The molecule has 4 nitrogen and oxygen atoms in total. The first-order valence-electron chi connectivity index (χ1n) is 5.05. The lowest BCUT2D eigenvalue weighted by atomic mass is 10.2. The fraction of sp³-hybridized carbons (Fsp3) is 0.273. The van der Waals surface area contributed by atoms with E-state index >= 15 is 0 Å². The summed E-state index contributed by atoms with van der Waals surface area (Å²) < 4.78 is 6.00. The van der Waals surface area contributed by atoms with Crippen LogP contribution in [0.3, 0.4) is 0 Å². The number of rotatable bonds is 5. The van der Waals surface area contributed by atoms with Crippen LogP contribution in [0.2, 0.25) is 0 Å². The average molecular weight is 282 g/mol. The molecule has 0 aliphatic carbocycles. The Balaban J connectivity index is 1.72.